The van der Waals surface area contributed by atoms with E-state index in [4.69, 9.17) is 0 Å². The topological polar surface area (TPSA) is 38.0 Å². The molecule has 1 N–H and O–H groups in total. The van der Waals surface area contributed by atoms with Crippen LogP contribution in [0.2, 0.25) is 0 Å². The summed E-state index contributed by atoms with van der Waals surface area (Å²) >= 11 is 5.20. The summed E-state index contributed by atoms with van der Waals surface area (Å²) in [7, 11) is 1.94. The van der Waals surface area contributed by atoms with Crippen molar-refractivity contribution in [1.29, 1.82) is 0 Å². The maximum Gasteiger partial charge on any atom is 0.0987 e. The van der Waals surface area contributed by atoms with E-state index in [1.165, 1.54) is 0 Å². The summed E-state index contributed by atoms with van der Waals surface area (Å²) in [5.74, 6) is 0. The van der Waals surface area contributed by atoms with Crippen LogP contribution in [-0.4, -0.2) is 14.9 Å². The van der Waals surface area contributed by atoms with Crippen LogP contribution in [0.3, 0.4) is 0 Å². The lowest BCUT2D eigenvalue weighted by molar-refractivity contribution is 0.199. The second kappa shape index (κ2) is 5.47. The van der Waals surface area contributed by atoms with Gasteiger partial charge in [0.05, 0.1) is 16.8 Å². The van der Waals surface area contributed by atoms with Crippen molar-refractivity contribution >= 4 is 27.7 Å². The molecule has 0 spiro atoms. The van der Waals surface area contributed by atoms with Gasteiger partial charge in [0, 0.05) is 16.4 Å². The van der Waals surface area contributed by atoms with Crippen molar-refractivity contribution in [2.45, 2.75) is 29.9 Å². The van der Waals surface area contributed by atoms with Crippen LogP contribution in [0.1, 0.15) is 24.3 Å². The van der Waals surface area contributed by atoms with E-state index in [0.29, 0.717) is 0 Å². The Kier molecular flexibility index (Phi) is 4.14. The van der Waals surface area contributed by atoms with Crippen LogP contribution in [0.15, 0.2) is 38.7 Å². The van der Waals surface area contributed by atoms with E-state index in [2.05, 4.69) is 27.1 Å². The molecule has 0 aliphatic heterocycles. The van der Waals surface area contributed by atoms with E-state index in [9.17, 15) is 5.11 Å². The number of aliphatic hydroxyl groups excluding tert-OH is 1. The van der Waals surface area contributed by atoms with Gasteiger partial charge < -0.3 is 5.11 Å². The summed E-state index contributed by atoms with van der Waals surface area (Å²) in [6, 6.07) is 7.97. The third-order valence-electron chi connectivity index (χ3n) is 2.61. The number of aromatic nitrogens is 2. The molecule has 3 nitrogen and oxygen atoms in total. The Labute approximate surface area is 119 Å². The first kappa shape index (κ1) is 13.6. The average molecular weight is 327 g/mol. The third kappa shape index (κ3) is 2.96. The Bertz CT molecular complexity index is 566. The van der Waals surface area contributed by atoms with Crippen LogP contribution >= 0.6 is 27.7 Å². The average Bonchev–Trinajstić information content (AvgIpc) is 2.60. The molecule has 1 aromatic carbocycles. The van der Waals surface area contributed by atoms with Crippen LogP contribution in [0.5, 0.6) is 0 Å². The van der Waals surface area contributed by atoms with Crippen LogP contribution in [0, 0.1) is 6.92 Å². The molecular formula is C13H15BrN2OS. The Morgan fingerprint density at radius 2 is 2.11 bits per heavy atom. The molecule has 0 aliphatic rings. The summed E-state index contributed by atoms with van der Waals surface area (Å²) < 4.78 is 2.86. The summed E-state index contributed by atoms with van der Waals surface area (Å²) in [4.78, 5) is 1.11. The van der Waals surface area contributed by atoms with Crippen molar-refractivity contribution in [2.24, 2.45) is 7.05 Å². The van der Waals surface area contributed by atoms with Gasteiger partial charge in [-0.05, 0) is 53.5 Å². The van der Waals surface area contributed by atoms with Gasteiger partial charge in [-0.1, -0.05) is 17.8 Å². The highest BCUT2D eigenvalue weighted by molar-refractivity contribution is 9.10. The molecule has 1 aromatic heterocycles. The summed E-state index contributed by atoms with van der Waals surface area (Å²) in [6.45, 7) is 3.74. The minimum atomic E-state index is -0.445. The lowest BCUT2D eigenvalue weighted by Gasteiger charge is -2.09. The molecule has 0 fully saturated rings. The molecule has 0 saturated carbocycles. The number of halogens is 1. The third-order valence-corrected chi connectivity index (χ3v) is 4.70. The number of rotatable bonds is 3. The number of nitrogens with zero attached hydrogens (tertiary/aromatic N) is 2. The maximum atomic E-state index is 9.53. The standard InChI is InChI=1S/C13H15BrN2OS/c1-8-6-13(16(3)15-8)18-12-5-4-10(9(2)17)7-11(12)14/h4-7,9,17H,1-3H3. The van der Waals surface area contributed by atoms with Crippen molar-refractivity contribution in [1.82, 2.24) is 9.78 Å². The van der Waals surface area contributed by atoms with Gasteiger partial charge in [0.2, 0.25) is 0 Å². The lowest BCUT2D eigenvalue weighted by Crippen LogP contribution is -1.93. The summed E-state index contributed by atoms with van der Waals surface area (Å²) in [5.41, 5.74) is 1.92. The number of hydrogen-bond donors (Lipinski definition) is 1. The van der Waals surface area contributed by atoms with Crippen LogP contribution < -0.4 is 0 Å². The Morgan fingerprint density at radius 1 is 1.39 bits per heavy atom. The van der Waals surface area contributed by atoms with E-state index in [0.717, 1.165) is 25.7 Å². The molecular weight excluding hydrogens is 312 g/mol. The van der Waals surface area contributed by atoms with Crippen molar-refractivity contribution in [2.75, 3.05) is 0 Å². The van der Waals surface area contributed by atoms with Crippen molar-refractivity contribution in [3.8, 4) is 0 Å². The number of aryl methyl sites for hydroxylation is 2. The van der Waals surface area contributed by atoms with Gasteiger partial charge in [-0.25, -0.2) is 0 Å². The zero-order valence-electron chi connectivity index (χ0n) is 10.5. The van der Waals surface area contributed by atoms with Gasteiger partial charge in [0.15, 0.2) is 0 Å². The predicted octanol–water partition coefficient (Wildman–Crippen LogP) is 3.70. The summed E-state index contributed by atoms with van der Waals surface area (Å²) in [5, 5.41) is 15.0. The van der Waals surface area contributed by atoms with Gasteiger partial charge in [-0.15, -0.1) is 0 Å². The van der Waals surface area contributed by atoms with E-state index >= 15 is 0 Å². The fraction of sp³-hybridized carbons (Fsp3) is 0.308. The number of hydrogen-bond acceptors (Lipinski definition) is 3. The Morgan fingerprint density at radius 3 is 2.61 bits per heavy atom. The molecule has 0 amide bonds. The first-order valence-corrected chi connectivity index (χ1v) is 7.24. The Hall–Kier alpha value is -0.780. The Balaban J connectivity index is 2.27. The zero-order chi connectivity index (χ0) is 13.3. The summed E-state index contributed by atoms with van der Waals surface area (Å²) in [6.07, 6.45) is -0.445. The molecule has 0 aliphatic carbocycles. The van der Waals surface area contributed by atoms with Crippen molar-refractivity contribution < 1.29 is 5.11 Å². The first-order valence-electron chi connectivity index (χ1n) is 5.63. The molecule has 1 atom stereocenters. The first-order chi connectivity index (χ1) is 8.47. The second-order valence-corrected chi connectivity index (χ2v) is 6.13. The number of benzene rings is 1. The molecule has 96 valence electrons. The fourth-order valence-corrected chi connectivity index (χ4v) is 3.21. The SMILES string of the molecule is Cc1cc(Sc2ccc(C(C)O)cc2Br)n(C)n1. The molecule has 0 saturated heterocycles. The minimum Gasteiger partial charge on any atom is -0.389 e. The van der Waals surface area contributed by atoms with Crippen molar-refractivity contribution in [3.05, 3.63) is 40.0 Å². The highest BCUT2D eigenvalue weighted by atomic mass is 79.9. The maximum absolute atomic E-state index is 9.53. The van der Waals surface area contributed by atoms with Crippen LogP contribution in [0.25, 0.3) is 0 Å². The monoisotopic (exact) mass is 326 g/mol. The zero-order valence-corrected chi connectivity index (χ0v) is 12.9. The van der Waals surface area contributed by atoms with E-state index < -0.39 is 6.10 Å². The molecule has 2 rings (SSSR count). The second-order valence-electron chi connectivity index (χ2n) is 4.22. The van der Waals surface area contributed by atoms with Crippen LogP contribution in [-0.2, 0) is 7.05 Å². The van der Waals surface area contributed by atoms with E-state index in [1.807, 2.05) is 36.9 Å². The molecule has 1 heterocycles. The van der Waals surface area contributed by atoms with E-state index in [1.54, 1.807) is 18.7 Å². The highest BCUT2D eigenvalue weighted by Gasteiger charge is 2.09. The smallest absolute Gasteiger partial charge is 0.0987 e. The quantitative estimate of drug-likeness (QED) is 0.934. The lowest BCUT2D eigenvalue weighted by atomic mass is 10.1. The minimum absolute atomic E-state index is 0.445. The predicted molar refractivity (Wildman–Crippen MR) is 76.8 cm³/mol. The molecule has 0 radical (unpaired) electrons. The fourth-order valence-electron chi connectivity index (χ4n) is 1.65. The molecule has 18 heavy (non-hydrogen) atoms. The normalized spacial score (nSPS) is 12.7. The van der Waals surface area contributed by atoms with Gasteiger partial charge >= 0.3 is 0 Å². The van der Waals surface area contributed by atoms with Gasteiger partial charge in [0.25, 0.3) is 0 Å². The molecule has 0 bridgehead atoms. The molecule has 5 heteroatoms. The highest BCUT2D eigenvalue weighted by Crippen LogP contribution is 2.35. The largest absolute Gasteiger partial charge is 0.389 e. The van der Waals surface area contributed by atoms with Crippen LogP contribution in [0.4, 0.5) is 0 Å². The molecule has 1 unspecified atom stereocenters. The van der Waals surface area contributed by atoms with Gasteiger partial charge in [-0.2, -0.15) is 5.10 Å². The van der Waals surface area contributed by atoms with Crippen molar-refractivity contribution in [3.63, 3.8) is 0 Å². The van der Waals surface area contributed by atoms with E-state index in [-0.39, 0.29) is 0 Å². The van der Waals surface area contributed by atoms with Gasteiger partial charge in [-0.3, -0.25) is 4.68 Å². The molecule has 2 aromatic rings. The number of aliphatic hydroxyl groups is 1. The van der Waals surface area contributed by atoms with Gasteiger partial charge in [0.1, 0.15) is 0 Å².